The van der Waals surface area contributed by atoms with Gasteiger partial charge in [0.2, 0.25) is 5.91 Å². The zero-order valence-electron chi connectivity index (χ0n) is 14.8. The molecule has 0 aromatic carbocycles. The Morgan fingerprint density at radius 3 is 2.72 bits per heavy atom. The molecule has 1 atom stereocenters. The van der Waals surface area contributed by atoms with E-state index in [2.05, 4.69) is 10.4 Å². The van der Waals surface area contributed by atoms with Crippen LogP contribution in [-0.2, 0) is 16.1 Å². The van der Waals surface area contributed by atoms with Gasteiger partial charge in [-0.05, 0) is 32.4 Å². The summed E-state index contributed by atoms with van der Waals surface area (Å²) in [6, 6.07) is 2.02. The molecule has 0 saturated carbocycles. The van der Waals surface area contributed by atoms with Crippen molar-refractivity contribution in [2.45, 2.75) is 32.2 Å². The third kappa shape index (κ3) is 4.50. The number of carbonyl (C=O) groups excluding carboxylic acids is 2. The van der Waals surface area contributed by atoms with Gasteiger partial charge < -0.3 is 19.9 Å². The molecule has 0 bridgehead atoms. The van der Waals surface area contributed by atoms with Crippen LogP contribution in [0.2, 0.25) is 0 Å². The number of ether oxygens (including phenoxy) is 1. The summed E-state index contributed by atoms with van der Waals surface area (Å²) in [6.45, 7) is 6.56. The zero-order chi connectivity index (χ0) is 17.6. The molecular formula is C17H27N5O3. The van der Waals surface area contributed by atoms with Crippen LogP contribution in [0.3, 0.4) is 0 Å². The first-order valence-electron chi connectivity index (χ1n) is 9.11. The van der Waals surface area contributed by atoms with Gasteiger partial charge in [-0.1, -0.05) is 0 Å². The predicted octanol–water partition coefficient (Wildman–Crippen LogP) is 0.651. The smallest absolute Gasteiger partial charge is 0.409 e. The highest BCUT2D eigenvalue weighted by atomic mass is 16.6. The van der Waals surface area contributed by atoms with E-state index in [9.17, 15) is 9.59 Å². The van der Waals surface area contributed by atoms with Gasteiger partial charge in [0.1, 0.15) is 6.54 Å². The first-order chi connectivity index (χ1) is 12.2. The van der Waals surface area contributed by atoms with Crippen LogP contribution in [0.4, 0.5) is 4.79 Å². The van der Waals surface area contributed by atoms with Crippen LogP contribution in [0, 0.1) is 0 Å². The summed E-state index contributed by atoms with van der Waals surface area (Å²) in [4.78, 5) is 27.6. The molecule has 1 unspecified atom stereocenters. The molecule has 1 N–H and O–H groups in total. The van der Waals surface area contributed by atoms with E-state index in [1.165, 1.54) is 6.42 Å². The number of hydrogen-bond acceptors (Lipinski definition) is 5. The van der Waals surface area contributed by atoms with Gasteiger partial charge in [0.25, 0.3) is 0 Å². The second-order valence-electron chi connectivity index (χ2n) is 6.55. The summed E-state index contributed by atoms with van der Waals surface area (Å²) < 4.78 is 6.72. The van der Waals surface area contributed by atoms with Gasteiger partial charge in [-0.3, -0.25) is 9.48 Å². The maximum Gasteiger partial charge on any atom is 0.409 e. The Hall–Kier alpha value is -2.09. The van der Waals surface area contributed by atoms with E-state index in [0.29, 0.717) is 38.7 Å². The Morgan fingerprint density at radius 1 is 1.28 bits per heavy atom. The monoisotopic (exact) mass is 349 g/mol. The van der Waals surface area contributed by atoms with E-state index >= 15 is 0 Å². The topological polar surface area (TPSA) is 79.7 Å². The number of nitrogens with zero attached hydrogens (tertiary/aromatic N) is 4. The minimum atomic E-state index is -0.299. The summed E-state index contributed by atoms with van der Waals surface area (Å²) >= 11 is 0. The van der Waals surface area contributed by atoms with E-state index in [4.69, 9.17) is 4.74 Å². The summed E-state index contributed by atoms with van der Waals surface area (Å²) in [5.41, 5.74) is 1.06. The standard InChI is InChI=1S/C17H27N5O3/c1-2-25-17(24)21-10-8-20(9-11-21)16(23)13-22-7-5-15(19-22)14-4-3-6-18-12-14/h5,7,14,18H,2-4,6,8-13H2,1H3. The number of piperazine rings is 1. The van der Waals surface area contributed by atoms with Gasteiger partial charge in [-0.15, -0.1) is 0 Å². The molecule has 2 fully saturated rings. The first kappa shape index (κ1) is 17.7. The van der Waals surface area contributed by atoms with Crippen molar-refractivity contribution in [3.63, 3.8) is 0 Å². The number of piperidine rings is 1. The molecule has 2 aliphatic heterocycles. The molecule has 1 aromatic heterocycles. The first-order valence-corrected chi connectivity index (χ1v) is 9.11. The van der Waals surface area contributed by atoms with Crippen molar-refractivity contribution in [2.24, 2.45) is 0 Å². The second kappa shape index (κ2) is 8.33. The van der Waals surface area contributed by atoms with Gasteiger partial charge in [-0.25, -0.2) is 4.79 Å². The molecule has 1 aromatic rings. The van der Waals surface area contributed by atoms with Crippen molar-refractivity contribution in [1.82, 2.24) is 24.9 Å². The molecule has 0 radical (unpaired) electrons. The maximum absolute atomic E-state index is 12.5. The molecular weight excluding hydrogens is 322 g/mol. The van der Waals surface area contributed by atoms with Gasteiger partial charge in [0.15, 0.2) is 0 Å². The Morgan fingerprint density at radius 2 is 2.04 bits per heavy atom. The lowest BCUT2D eigenvalue weighted by molar-refractivity contribution is -0.133. The highest BCUT2D eigenvalue weighted by molar-refractivity contribution is 5.76. The van der Waals surface area contributed by atoms with Crippen molar-refractivity contribution in [2.75, 3.05) is 45.9 Å². The number of aromatic nitrogens is 2. The minimum Gasteiger partial charge on any atom is -0.450 e. The van der Waals surface area contributed by atoms with Crippen LogP contribution < -0.4 is 5.32 Å². The molecule has 8 nitrogen and oxygen atoms in total. The van der Waals surface area contributed by atoms with Crippen molar-refractivity contribution in [1.29, 1.82) is 0 Å². The molecule has 3 heterocycles. The van der Waals surface area contributed by atoms with E-state index in [-0.39, 0.29) is 18.5 Å². The highest BCUT2D eigenvalue weighted by Gasteiger charge is 2.25. The summed E-state index contributed by atoms with van der Waals surface area (Å²) in [7, 11) is 0. The van der Waals surface area contributed by atoms with Gasteiger partial charge in [-0.2, -0.15) is 5.10 Å². The maximum atomic E-state index is 12.5. The van der Waals surface area contributed by atoms with Gasteiger partial charge in [0, 0.05) is 44.8 Å². The highest BCUT2D eigenvalue weighted by Crippen LogP contribution is 2.21. The summed E-state index contributed by atoms with van der Waals surface area (Å²) in [5, 5.41) is 7.97. The Balaban J connectivity index is 1.48. The predicted molar refractivity (Wildman–Crippen MR) is 92.2 cm³/mol. The molecule has 2 amide bonds. The number of nitrogens with one attached hydrogen (secondary N) is 1. The Kier molecular flexibility index (Phi) is 5.91. The quantitative estimate of drug-likeness (QED) is 0.863. The molecule has 3 rings (SSSR count). The normalized spacial score (nSPS) is 21.2. The Labute approximate surface area is 148 Å². The largest absolute Gasteiger partial charge is 0.450 e. The SMILES string of the molecule is CCOC(=O)N1CCN(C(=O)Cn2ccc(C3CCCNC3)n2)CC1. The van der Waals surface area contributed by atoms with Crippen molar-refractivity contribution in [3.05, 3.63) is 18.0 Å². The van der Waals surface area contributed by atoms with Crippen LogP contribution in [0.25, 0.3) is 0 Å². The minimum absolute atomic E-state index is 0.0416. The van der Waals surface area contributed by atoms with Gasteiger partial charge >= 0.3 is 6.09 Å². The fourth-order valence-electron chi connectivity index (χ4n) is 3.38. The van der Waals surface area contributed by atoms with E-state index in [1.54, 1.807) is 21.4 Å². The molecule has 2 saturated heterocycles. The van der Waals surface area contributed by atoms with Crippen LogP contribution in [0.1, 0.15) is 31.4 Å². The number of amides is 2. The average Bonchev–Trinajstić information content (AvgIpc) is 3.11. The molecule has 138 valence electrons. The fraction of sp³-hybridized carbons (Fsp3) is 0.706. The van der Waals surface area contributed by atoms with Crippen LogP contribution >= 0.6 is 0 Å². The van der Waals surface area contributed by atoms with Crippen molar-refractivity contribution in [3.8, 4) is 0 Å². The van der Waals surface area contributed by atoms with Crippen LogP contribution in [0.15, 0.2) is 12.3 Å². The number of hydrogen-bond donors (Lipinski definition) is 1. The van der Waals surface area contributed by atoms with Crippen LogP contribution in [0.5, 0.6) is 0 Å². The average molecular weight is 349 g/mol. The third-order valence-corrected chi connectivity index (χ3v) is 4.83. The molecule has 0 aliphatic carbocycles. The molecule has 25 heavy (non-hydrogen) atoms. The second-order valence-corrected chi connectivity index (χ2v) is 6.55. The van der Waals surface area contributed by atoms with Crippen LogP contribution in [-0.4, -0.2) is 77.5 Å². The molecule has 0 spiro atoms. The zero-order valence-corrected chi connectivity index (χ0v) is 14.8. The lowest BCUT2D eigenvalue weighted by atomic mass is 9.97. The Bertz CT molecular complexity index is 589. The lowest BCUT2D eigenvalue weighted by Crippen LogP contribution is -2.51. The lowest BCUT2D eigenvalue weighted by Gasteiger charge is -2.34. The number of carbonyl (C=O) groups is 2. The summed E-state index contributed by atoms with van der Waals surface area (Å²) in [6.07, 6.45) is 3.90. The van der Waals surface area contributed by atoms with Crippen molar-refractivity contribution >= 4 is 12.0 Å². The number of rotatable bonds is 4. The fourth-order valence-corrected chi connectivity index (χ4v) is 3.38. The summed E-state index contributed by atoms with van der Waals surface area (Å²) in [5.74, 6) is 0.484. The third-order valence-electron chi connectivity index (χ3n) is 4.83. The van der Waals surface area contributed by atoms with Crippen molar-refractivity contribution < 1.29 is 14.3 Å². The molecule has 8 heteroatoms. The van der Waals surface area contributed by atoms with E-state index in [1.807, 2.05) is 12.3 Å². The van der Waals surface area contributed by atoms with E-state index < -0.39 is 0 Å². The van der Waals surface area contributed by atoms with Gasteiger partial charge in [0.05, 0.1) is 12.3 Å². The molecule has 2 aliphatic rings. The van der Waals surface area contributed by atoms with E-state index in [0.717, 1.165) is 25.2 Å².